The fraction of sp³-hybridized carbons (Fsp3) is 0.333. The highest BCUT2D eigenvalue weighted by Crippen LogP contribution is 2.28. The SMILES string of the molecule is COc1ccc(CCNS(=O)(=O)c2ccc3c(c2)CCO3)cc1OC. The van der Waals surface area contributed by atoms with Crippen LogP contribution in [0.25, 0.3) is 0 Å². The van der Waals surface area contributed by atoms with E-state index in [0.29, 0.717) is 31.1 Å². The van der Waals surface area contributed by atoms with Gasteiger partial charge in [0.1, 0.15) is 5.75 Å². The van der Waals surface area contributed by atoms with Crippen LogP contribution in [0.1, 0.15) is 11.1 Å². The van der Waals surface area contributed by atoms with Gasteiger partial charge in [0.2, 0.25) is 10.0 Å². The van der Waals surface area contributed by atoms with Gasteiger partial charge in [0.25, 0.3) is 0 Å². The van der Waals surface area contributed by atoms with Crippen molar-refractivity contribution in [2.24, 2.45) is 0 Å². The van der Waals surface area contributed by atoms with E-state index in [4.69, 9.17) is 14.2 Å². The summed E-state index contributed by atoms with van der Waals surface area (Å²) < 4.78 is 43.4. The van der Waals surface area contributed by atoms with Crippen molar-refractivity contribution in [3.8, 4) is 17.2 Å². The molecule has 0 fully saturated rings. The molecular weight excluding hydrogens is 342 g/mol. The third kappa shape index (κ3) is 3.88. The first-order chi connectivity index (χ1) is 12.0. The Bertz CT molecular complexity index is 864. The molecule has 1 N–H and O–H groups in total. The van der Waals surface area contributed by atoms with Crippen LogP contribution in [-0.2, 0) is 22.9 Å². The summed E-state index contributed by atoms with van der Waals surface area (Å²) >= 11 is 0. The molecule has 3 rings (SSSR count). The molecule has 0 amide bonds. The number of methoxy groups -OCH3 is 2. The Hall–Kier alpha value is -2.25. The number of sulfonamides is 1. The molecule has 0 radical (unpaired) electrons. The van der Waals surface area contributed by atoms with E-state index in [0.717, 1.165) is 23.3 Å². The molecule has 0 spiro atoms. The highest BCUT2D eigenvalue weighted by atomic mass is 32.2. The molecule has 7 heteroatoms. The smallest absolute Gasteiger partial charge is 0.240 e. The Kier molecular flexibility index (Phi) is 5.15. The molecule has 0 aromatic heterocycles. The van der Waals surface area contributed by atoms with Crippen molar-refractivity contribution in [1.82, 2.24) is 4.72 Å². The topological polar surface area (TPSA) is 73.9 Å². The van der Waals surface area contributed by atoms with Gasteiger partial charge in [0.05, 0.1) is 25.7 Å². The van der Waals surface area contributed by atoms with E-state index in [-0.39, 0.29) is 4.90 Å². The Labute approximate surface area is 147 Å². The average molecular weight is 363 g/mol. The van der Waals surface area contributed by atoms with Gasteiger partial charge < -0.3 is 14.2 Å². The van der Waals surface area contributed by atoms with Crippen molar-refractivity contribution < 1.29 is 22.6 Å². The standard InChI is InChI=1S/C18H21NO5S/c1-22-17-5-3-13(11-18(17)23-2)7-9-19-25(20,21)15-4-6-16-14(12-15)8-10-24-16/h3-6,11-12,19H,7-10H2,1-2H3. The van der Waals surface area contributed by atoms with Gasteiger partial charge >= 0.3 is 0 Å². The second kappa shape index (κ2) is 7.33. The minimum absolute atomic E-state index is 0.268. The van der Waals surface area contributed by atoms with E-state index in [1.165, 1.54) is 0 Å². The number of nitrogens with one attached hydrogen (secondary N) is 1. The van der Waals surface area contributed by atoms with E-state index in [1.54, 1.807) is 32.4 Å². The molecule has 2 aromatic rings. The predicted octanol–water partition coefficient (Wildman–Crippen LogP) is 2.16. The number of hydrogen-bond donors (Lipinski definition) is 1. The van der Waals surface area contributed by atoms with Crippen LogP contribution < -0.4 is 18.9 Å². The fourth-order valence-electron chi connectivity index (χ4n) is 2.78. The minimum atomic E-state index is -3.54. The molecule has 0 saturated heterocycles. The zero-order chi connectivity index (χ0) is 17.9. The maximum atomic E-state index is 12.4. The molecule has 1 aliphatic heterocycles. The van der Waals surface area contributed by atoms with E-state index in [1.807, 2.05) is 18.2 Å². The maximum Gasteiger partial charge on any atom is 0.240 e. The molecule has 134 valence electrons. The molecule has 0 unspecified atom stereocenters. The van der Waals surface area contributed by atoms with Crippen LogP contribution in [0.2, 0.25) is 0 Å². The number of hydrogen-bond acceptors (Lipinski definition) is 5. The summed E-state index contributed by atoms with van der Waals surface area (Å²) in [6.07, 6.45) is 1.29. The lowest BCUT2D eigenvalue weighted by Gasteiger charge is -2.11. The van der Waals surface area contributed by atoms with Crippen LogP contribution in [0, 0.1) is 0 Å². The number of ether oxygens (including phenoxy) is 3. The van der Waals surface area contributed by atoms with Crippen LogP contribution in [0.15, 0.2) is 41.3 Å². The molecular formula is C18H21NO5S. The van der Waals surface area contributed by atoms with Gasteiger partial charge in [-0.05, 0) is 47.9 Å². The van der Waals surface area contributed by atoms with Crippen LogP contribution in [0.3, 0.4) is 0 Å². The van der Waals surface area contributed by atoms with Gasteiger partial charge in [-0.2, -0.15) is 0 Å². The summed E-state index contributed by atoms with van der Waals surface area (Å²) in [7, 11) is -0.394. The highest BCUT2D eigenvalue weighted by Gasteiger charge is 2.19. The summed E-state index contributed by atoms with van der Waals surface area (Å²) in [6.45, 7) is 0.900. The van der Waals surface area contributed by atoms with Crippen molar-refractivity contribution in [3.63, 3.8) is 0 Å². The molecule has 0 saturated carbocycles. The number of rotatable bonds is 7. The first-order valence-corrected chi connectivity index (χ1v) is 9.48. The molecule has 6 nitrogen and oxygen atoms in total. The van der Waals surface area contributed by atoms with Crippen LogP contribution in [0.5, 0.6) is 17.2 Å². The van der Waals surface area contributed by atoms with E-state index in [2.05, 4.69) is 4.72 Å². The Morgan fingerprint density at radius 3 is 2.64 bits per heavy atom. The molecule has 0 atom stereocenters. The summed E-state index contributed by atoms with van der Waals surface area (Å²) in [5, 5.41) is 0. The lowest BCUT2D eigenvalue weighted by Crippen LogP contribution is -2.26. The van der Waals surface area contributed by atoms with Gasteiger partial charge in [0, 0.05) is 13.0 Å². The van der Waals surface area contributed by atoms with Crippen molar-refractivity contribution >= 4 is 10.0 Å². The lowest BCUT2D eigenvalue weighted by atomic mass is 10.1. The van der Waals surface area contributed by atoms with Crippen molar-refractivity contribution in [3.05, 3.63) is 47.5 Å². The molecule has 1 aliphatic rings. The van der Waals surface area contributed by atoms with E-state index >= 15 is 0 Å². The molecule has 0 bridgehead atoms. The second-order valence-corrected chi connectivity index (χ2v) is 7.47. The Balaban J connectivity index is 1.65. The zero-order valence-corrected chi connectivity index (χ0v) is 15.1. The summed E-state index contributed by atoms with van der Waals surface area (Å²) in [6, 6.07) is 10.5. The third-order valence-corrected chi connectivity index (χ3v) is 5.58. The van der Waals surface area contributed by atoms with Gasteiger partial charge in [-0.3, -0.25) is 0 Å². The summed E-state index contributed by atoms with van der Waals surface area (Å²) in [4.78, 5) is 0.268. The second-order valence-electron chi connectivity index (χ2n) is 5.71. The van der Waals surface area contributed by atoms with Gasteiger partial charge in [-0.25, -0.2) is 13.1 Å². The summed E-state index contributed by atoms with van der Waals surface area (Å²) in [5.74, 6) is 2.04. The first kappa shape index (κ1) is 17.6. The Morgan fingerprint density at radius 1 is 1.08 bits per heavy atom. The van der Waals surface area contributed by atoms with Crippen LogP contribution in [-0.4, -0.2) is 35.8 Å². The largest absolute Gasteiger partial charge is 0.493 e. The van der Waals surface area contributed by atoms with Crippen LogP contribution >= 0.6 is 0 Å². The Morgan fingerprint density at radius 2 is 1.88 bits per heavy atom. The molecule has 2 aromatic carbocycles. The normalized spacial score (nSPS) is 13.2. The average Bonchev–Trinajstić information content (AvgIpc) is 3.09. The molecule has 25 heavy (non-hydrogen) atoms. The fourth-order valence-corrected chi connectivity index (χ4v) is 3.86. The van der Waals surface area contributed by atoms with E-state index in [9.17, 15) is 8.42 Å². The zero-order valence-electron chi connectivity index (χ0n) is 14.2. The first-order valence-electron chi connectivity index (χ1n) is 8.00. The molecule has 0 aliphatic carbocycles. The quantitative estimate of drug-likeness (QED) is 0.816. The van der Waals surface area contributed by atoms with Gasteiger partial charge in [-0.1, -0.05) is 6.07 Å². The predicted molar refractivity (Wildman–Crippen MR) is 94.1 cm³/mol. The minimum Gasteiger partial charge on any atom is -0.493 e. The highest BCUT2D eigenvalue weighted by molar-refractivity contribution is 7.89. The summed E-state index contributed by atoms with van der Waals surface area (Å²) in [5.41, 5.74) is 1.89. The van der Waals surface area contributed by atoms with E-state index < -0.39 is 10.0 Å². The van der Waals surface area contributed by atoms with Crippen molar-refractivity contribution in [2.45, 2.75) is 17.7 Å². The maximum absolute atomic E-state index is 12.4. The van der Waals surface area contributed by atoms with Crippen molar-refractivity contribution in [1.29, 1.82) is 0 Å². The van der Waals surface area contributed by atoms with Gasteiger partial charge in [-0.15, -0.1) is 0 Å². The molecule has 1 heterocycles. The third-order valence-electron chi connectivity index (χ3n) is 4.12. The monoisotopic (exact) mass is 363 g/mol. The van der Waals surface area contributed by atoms with Gasteiger partial charge in [0.15, 0.2) is 11.5 Å². The lowest BCUT2D eigenvalue weighted by molar-refractivity contribution is 0.354. The number of benzene rings is 2. The number of fused-ring (bicyclic) bond motifs is 1. The van der Waals surface area contributed by atoms with Crippen molar-refractivity contribution in [2.75, 3.05) is 27.4 Å². The van der Waals surface area contributed by atoms with Crippen LogP contribution in [0.4, 0.5) is 0 Å².